The van der Waals surface area contributed by atoms with Gasteiger partial charge in [0.2, 0.25) is 15.9 Å². The van der Waals surface area contributed by atoms with Gasteiger partial charge in [-0.25, -0.2) is 13.6 Å². The third-order valence-electron chi connectivity index (χ3n) is 4.56. The predicted octanol–water partition coefficient (Wildman–Crippen LogP) is 3.30. The molecule has 0 saturated heterocycles. The summed E-state index contributed by atoms with van der Waals surface area (Å²) in [7, 11) is -3.69. The number of primary sulfonamides is 1. The van der Waals surface area contributed by atoms with E-state index < -0.39 is 10.0 Å². The quantitative estimate of drug-likeness (QED) is 0.685. The van der Waals surface area contributed by atoms with Crippen molar-refractivity contribution in [2.75, 3.05) is 0 Å². The van der Waals surface area contributed by atoms with Gasteiger partial charge >= 0.3 is 0 Å². The van der Waals surface area contributed by atoms with E-state index in [1.54, 1.807) is 12.1 Å². The summed E-state index contributed by atoms with van der Waals surface area (Å²) in [6.45, 7) is 1.97. The lowest BCUT2D eigenvalue weighted by molar-refractivity contribution is -0.121. The second-order valence-corrected chi connectivity index (χ2v) is 8.11. The Balaban J connectivity index is 1.62. The molecule has 0 aliphatic heterocycles. The number of benzene rings is 3. The van der Waals surface area contributed by atoms with Crippen LogP contribution in [0.15, 0.2) is 71.6 Å². The van der Waals surface area contributed by atoms with Gasteiger partial charge in [-0.3, -0.25) is 4.79 Å². The van der Waals surface area contributed by atoms with Crippen molar-refractivity contribution in [1.82, 2.24) is 5.32 Å². The summed E-state index contributed by atoms with van der Waals surface area (Å²) in [6, 6.07) is 20.4. The van der Waals surface area contributed by atoms with Crippen molar-refractivity contribution in [3.05, 3.63) is 77.9 Å². The standard InChI is InChI=1S/C21H22N2O3S/c1-15(19-8-4-6-17-5-2-3-7-20(17)19)23-21(24)14-11-16-9-12-18(13-10-16)27(22,25)26/h2-10,12-13,15H,11,14H2,1H3,(H,23,24)(H2,22,25,26). The van der Waals surface area contributed by atoms with Gasteiger partial charge in [-0.05, 0) is 47.4 Å². The van der Waals surface area contributed by atoms with E-state index in [0.717, 1.165) is 21.9 Å². The Morgan fingerprint density at radius 1 is 1.00 bits per heavy atom. The van der Waals surface area contributed by atoms with Crippen LogP contribution in [-0.4, -0.2) is 14.3 Å². The molecule has 0 heterocycles. The van der Waals surface area contributed by atoms with Crippen molar-refractivity contribution >= 4 is 26.7 Å². The molecule has 0 saturated carbocycles. The summed E-state index contributed by atoms with van der Waals surface area (Å²) < 4.78 is 22.5. The monoisotopic (exact) mass is 382 g/mol. The molecule has 3 aromatic rings. The number of amides is 1. The van der Waals surface area contributed by atoms with Gasteiger partial charge in [-0.15, -0.1) is 0 Å². The molecule has 0 bridgehead atoms. The highest BCUT2D eigenvalue weighted by Gasteiger charge is 2.13. The molecule has 0 spiro atoms. The van der Waals surface area contributed by atoms with Crippen molar-refractivity contribution in [2.45, 2.75) is 30.7 Å². The molecule has 27 heavy (non-hydrogen) atoms. The zero-order chi connectivity index (χ0) is 19.4. The summed E-state index contributed by atoms with van der Waals surface area (Å²) in [6.07, 6.45) is 0.850. The maximum Gasteiger partial charge on any atom is 0.238 e. The van der Waals surface area contributed by atoms with Crippen molar-refractivity contribution in [3.8, 4) is 0 Å². The number of carbonyl (C=O) groups excluding carboxylic acids is 1. The Hall–Kier alpha value is -2.70. The van der Waals surface area contributed by atoms with Gasteiger partial charge in [0.1, 0.15) is 0 Å². The number of aryl methyl sites for hydroxylation is 1. The molecule has 3 rings (SSSR count). The number of rotatable bonds is 6. The summed E-state index contributed by atoms with van der Waals surface area (Å²) in [4.78, 5) is 12.4. The molecule has 6 heteroatoms. The number of nitrogens with one attached hydrogen (secondary N) is 1. The molecule has 3 aromatic carbocycles. The number of hydrogen-bond acceptors (Lipinski definition) is 3. The van der Waals surface area contributed by atoms with E-state index in [2.05, 4.69) is 23.5 Å². The highest BCUT2D eigenvalue weighted by Crippen LogP contribution is 2.24. The lowest BCUT2D eigenvalue weighted by atomic mass is 9.99. The van der Waals surface area contributed by atoms with Crippen LogP contribution in [0.3, 0.4) is 0 Å². The van der Waals surface area contributed by atoms with E-state index in [0.29, 0.717) is 12.8 Å². The fraction of sp³-hybridized carbons (Fsp3) is 0.190. The number of fused-ring (bicyclic) bond motifs is 1. The van der Waals surface area contributed by atoms with Gasteiger partial charge < -0.3 is 5.32 Å². The third kappa shape index (κ3) is 4.72. The van der Waals surface area contributed by atoms with Crippen LogP contribution < -0.4 is 10.5 Å². The fourth-order valence-corrected chi connectivity index (χ4v) is 3.64. The Morgan fingerprint density at radius 2 is 1.67 bits per heavy atom. The average molecular weight is 382 g/mol. The first-order chi connectivity index (χ1) is 12.8. The molecule has 1 amide bonds. The van der Waals surface area contributed by atoms with Gasteiger partial charge in [0, 0.05) is 6.42 Å². The van der Waals surface area contributed by atoms with Gasteiger partial charge in [0.05, 0.1) is 10.9 Å². The molecule has 3 N–H and O–H groups in total. The zero-order valence-corrected chi connectivity index (χ0v) is 15.9. The maximum atomic E-state index is 12.3. The van der Waals surface area contributed by atoms with Gasteiger partial charge in [0.15, 0.2) is 0 Å². The fourth-order valence-electron chi connectivity index (χ4n) is 3.12. The van der Waals surface area contributed by atoms with Crippen molar-refractivity contribution in [1.29, 1.82) is 0 Å². The Kier molecular flexibility index (Phi) is 5.58. The van der Waals surface area contributed by atoms with E-state index in [1.807, 2.05) is 31.2 Å². The van der Waals surface area contributed by atoms with Crippen LogP contribution in [0.2, 0.25) is 0 Å². The van der Waals surface area contributed by atoms with Crippen molar-refractivity contribution < 1.29 is 13.2 Å². The minimum atomic E-state index is -3.69. The Bertz CT molecular complexity index is 1050. The molecular formula is C21H22N2O3S. The average Bonchev–Trinajstić information content (AvgIpc) is 2.65. The van der Waals surface area contributed by atoms with Crippen LogP contribution in [0.5, 0.6) is 0 Å². The van der Waals surface area contributed by atoms with E-state index in [4.69, 9.17) is 5.14 Å². The zero-order valence-electron chi connectivity index (χ0n) is 15.1. The Labute approximate surface area is 159 Å². The van der Waals surface area contributed by atoms with E-state index >= 15 is 0 Å². The number of hydrogen-bond donors (Lipinski definition) is 2. The van der Waals surface area contributed by atoms with Crippen molar-refractivity contribution in [3.63, 3.8) is 0 Å². The number of carbonyl (C=O) groups is 1. The first-order valence-corrected chi connectivity index (χ1v) is 10.3. The molecule has 0 aliphatic rings. The number of nitrogens with two attached hydrogens (primary N) is 1. The maximum absolute atomic E-state index is 12.3. The SMILES string of the molecule is CC(NC(=O)CCc1ccc(S(N)(=O)=O)cc1)c1cccc2ccccc12. The van der Waals surface area contributed by atoms with Gasteiger partial charge in [-0.2, -0.15) is 0 Å². The number of sulfonamides is 1. The van der Waals surface area contributed by atoms with Crippen LogP contribution >= 0.6 is 0 Å². The molecule has 0 fully saturated rings. The second kappa shape index (κ2) is 7.90. The minimum absolute atomic E-state index is 0.0500. The van der Waals surface area contributed by atoms with Crippen molar-refractivity contribution in [2.24, 2.45) is 5.14 Å². The highest BCUT2D eigenvalue weighted by molar-refractivity contribution is 7.89. The van der Waals surface area contributed by atoms with Crippen LogP contribution in [0.1, 0.15) is 30.5 Å². The summed E-state index contributed by atoms with van der Waals surface area (Å²) >= 11 is 0. The second-order valence-electron chi connectivity index (χ2n) is 6.55. The topological polar surface area (TPSA) is 89.3 Å². The first-order valence-electron chi connectivity index (χ1n) is 8.73. The molecule has 140 valence electrons. The molecular weight excluding hydrogens is 360 g/mol. The molecule has 0 aromatic heterocycles. The molecule has 5 nitrogen and oxygen atoms in total. The molecule has 0 aliphatic carbocycles. The molecule has 1 atom stereocenters. The van der Waals surface area contributed by atoms with Crippen LogP contribution in [0, 0.1) is 0 Å². The van der Waals surface area contributed by atoms with E-state index in [-0.39, 0.29) is 16.8 Å². The van der Waals surface area contributed by atoms with Gasteiger partial charge in [0.25, 0.3) is 0 Å². The van der Waals surface area contributed by atoms with Crippen LogP contribution in [-0.2, 0) is 21.2 Å². The summed E-state index contributed by atoms with van der Waals surface area (Å²) in [5, 5.41) is 10.4. The Morgan fingerprint density at radius 3 is 2.37 bits per heavy atom. The predicted molar refractivity (Wildman–Crippen MR) is 107 cm³/mol. The normalized spacial score (nSPS) is 12.7. The lowest BCUT2D eigenvalue weighted by Crippen LogP contribution is -2.27. The third-order valence-corrected chi connectivity index (χ3v) is 5.49. The largest absolute Gasteiger partial charge is 0.350 e. The van der Waals surface area contributed by atoms with Gasteiger partial charge in [-0.1, -0.05) is 54.6 Å². The summed E-state index contributed by atoms with van der Waals surface area (Å²) in [5.74, 6) is -0.0500. The smallest absolute Gasteiger partial charge is 0.238 e. The summed E-state index contributed by atoms with van der Waals surface area (Å²) in [5.41, 5.74) is 1.97. The first kappa shape index (κ1) is 19.1. The van der Waals surface area contributed by atoms with Crippen LogP contribution in [0.25, 0.3) is 10.8 Å². The van der Waals surface area contributed by atoms with Crippen LogP contribution in [0.4, 0.5) is 0 Å². The highest BCUT2D eigenvalue weighted by atomic mass is 32.2. The lowest BCUT2D eigenvalue weighted by Gasteiger charge is -2.16. The molecule has 0 radical (unpaired) electrons. The van der Waals surface area contributed by atoms with E-state index in [1.165, 1.54) is 12.1 Å². The molecule has 1 unspecified atom stereocenters. The minimum Gasteiger partial charge on any atom is -0.350 e. The van der Waals surface area contributed by atoms with E-state index in [9.17, 15) is 13.2 Å².